The van der Waals surface area contributed by atoms with Crippen molar-refractivity contribution in [3.8, 4) is 0 Å². The van der Waals surface area contributed by atoms with Crippen LogP contribution in [0, 0.1) is 12.8 Å². The molecule has 0 radical (unpaired) electrons. The van der Waals surface area contributed by atoms with Gasteiger partial charge in [-0.25, -0.2) is 0 Å². The Balaban J connectivity index is 1.35. The summed E-state index contributed by atoms with van der Waals surface area (Å²) in [6.07, 6.45) is 4.78. The van der Waals surface area contributed by atoms with Gasteiger partial charge >= 0.3 is 0 Å². The highest BCUT2D eigenvalue weighted by Crippen LogP contribution is 2.50. The fourth-order valence-electron chi connectivity index (χ4n) is 4.14. The summed E-state index contributed by atoms with van der Waals surface area (Å²) in [7, 11) is 0. The Hall–Kier alpha value is -3.27. The van der Waals surface area contributed by atoms with Gasteiger partial charge in [-0.15, -0.1) is 0 Å². The van der Waals surface area contributed by atoms with Crippen molar-refractivity contribution < 1.29 is 9.21 Å². The van der Waals surface area contributed by atoms with Gasteiger partial charge in [-0.05, 0) is 48.6 Å². The SMILES string of the molecule is Cc1ccc(Cn2cc([C@H]3C[C@@H]3C(=O)NCc3ccco3)c3ccccc32)cc1. The molecule has 2 aromatic carbocycles. The molecule has 29 heavy (non-hydrogen) atoms. The number of nitrogens with zero attached hydrogens (tertiary/aromatic N) is 1. The van der Waals surface area contributed by atoms with Crippen LogP contribution in [0.2, 0.25) is 0 Å². The summed E-state index contributed by atoms with van der Waals surface area (Å²) in [6.45, 7) is 3.39. The van der Waals surface area contributed by atoms with Crippen molar-refractivity contribution in [1.82, 2.24) is 9.88 Å². The number of furan rings is 1. The van der Waals surface area contributed by atoms with E-state index in [1.807, 2.05) is 12.1 Å². The molecule has 2 aromatic heterocycles. The first-order valence-corrected chi connectivity index (χ1v) is 10.1. The molecule has 0 spiro atoms. The standard InChI is InChI=1S/C25H24N2O2/c1-17-8-10-18(11-9-17)15-27-16-23(20-6-2-3-7-24(20)27)21-13-22(21)25(28)26-14-19-5-4-12-29-19/h2-12,16,21-22H,13-15H2,1H3,(H,26,28)/t21-,22-/m0/s1. The van der Waals surface area contributed by atoms with Crippen molar-refractivity contribution in [3.05, 3.63) is 95.6 Å². The molecule has 4 nitrogen and oxygen atoms in total. The number of rotatable bonds is 6. The van der Waals surface area contributed by atoms with Crippen molar-refractivity contribution in [2.45, 2.75) is 32.4 Å². The molecule has 1 fully saturated rings. The lowest BCUT2D eigenvalue weighted by atomic mass is 10.1. The first kappa shape index (κ1) is 17.8. The minimum Gasteiger partial charge on any atom is -0.467 e. The highest BCUT2D eigenvalue weighted by molar-refractivity contribution is 5.89. The lowest BCUT2D eigenvalue weighted by Gasteiger charge is -2.06. The zero-order valence-electron chi connectivity index (χ0n) is 16.5. The maximum atomic E-state index is 12.6. The van der Waals surface area contributed by atoms with Crippen LogP contribution in [-0.4, -0.2) is 10.5 Å². The third-order valence-electron chi connectivity index (χ3n) is 5.84. The van der Waals surface area contributed by atoms with E-state index in [9.17, 15) is 4.79 Å². The molecule has 1 N–H and O–H groups in total. The molecule has 146 valence electrons. The Morgan fingerprint density at radius 1 is 1.10 bits per heavy atom. The van der Waals surface area contributed by atoms with Gasteiger partial charge in [0.1, 0.15) is 5.76 Å². The summed E-state index contributed by atoms with van der Waals surface area (Å²) < 4.78 is 7.61. The molecule has 0 saturated heterocycles. The topological polar surface area (TPSA) is 47.2 Å². The molecule has 5 rings (SSSR count). The van der Waals surface area contributed by atoms with Gasteiger partial charge in [-0.1, -0.05) is 48.0 Å². The van der Waals surface area contributed by atoms with E-state index < -0.39 is 0 Å². The molecule has 0 aliphatic heterocycles. The summed E-state index contributed by atoms with van der Waals surface area (Å²) in [5.74, 6) is 1.23. The molecule has 0 unspecified atom stereocenters. The number of carbonyl (C=O) groups excluding carboxylic acids is 1. The number of benzene rings is 2. The predicted molar refractivity (Wildman–Crippen MR) is 114 cm³/mol. The van der Waals surface area contributed by atoms with E-state index in [-0.39, 0.29) is 17.7 Å². The first-order valence-electron chi connectivity index (χ1n) is 10.1. The van der Waals surface area contributed by atoms with Crippen LogP contribution in [-0.2, 0) is 17.9 Å². The molecular weight excluding hydrogens is 360 g/mol. The van der Waals surface area contributed by atoms with Gasteiger partial charge in [0.25, 0.3) is 0 Å². The van der Waals surface area contributed by atoms with Crippen molar-refractivity contribution in [1.29, 1.82) is 0 Å². The number of fused-ring (bicyclic) bond motifs is 1. The van der Waals surface area contributed by atoms with Crippen molar-refractivity contribution in [3.63, 3.8) is 0 Å². The molecule has 1 amide bonds. The van der Waals surface area contributed by atoms with Crippen LogP contribution in [0.25, 0.3) is 10.9 Å². The number of hydrogen-bond donors (Lipinski definition) is 1. The summed E-state index contributed by atoms with van der Waals surface area (Å²) in [5, 5.41) is 4.26. The van der Waals surface area contributed by atoms with Crippen LogP contribution in [0.15, 0.2) is 77.5 Å². The Labute approximate surface area is 170 Å². The maximum absolute atomic E-state index is 12.6. The van der Waals surface area contributed by atoms with Crippen LogP contribution in [0.4, 0.5) is 0 Å². The summed E-state index contributed by atoms with van der Waals surface area (Å²) in [6, 6.07) is 20.9. The Morgan fingerprint density at radius 3 is 2.72 bits per heavy atom. The number of hydrogen-bond acceptors (Lipinski definition) is 2. The summed E-state index contributed by atoms with van der Waals surface area (Å²) in [5.41, 5.74) is 5.07. The predicted octanol–water partition coefficient (Wildman–Crippen LogP) is 5.01. The van der Waals surface area contributed by atoms with Gasteiger partial charge in [-0.3, -0.25) is 4.79 Å². The Morgan fingerprint density at radius 2 is 1.93 bits per heavy atom. The van der Waals surface area contributed by atoms with Gasteiger partial charge in [0, 0.05) is 29.6 Å². The fraction of sp³-hybridized carbons (Fsp3) is 0.240. The van der Waals surface area contributed by atoms with Crippen molar-refractivity contribution in [2.75, 3.05) is 0 Å². The Kier molecular flexibility index (Phi) is 4.47. The van der Waals surface area contributed by atoms with Crippen molar-refractivity contribution in [2.24, 2.45) is 5.92 Å². The minimum absolute atomic E-state index is 0.0450. The molecule has 1 aliphatic carbocycles. The van der Waals surface area contributed by atoms with Gasteiger partial charge in [-0.2, -0.15) is 0 Å². The number of aryl methyl sites for hydroxylation is 1. The maximum Gasteiger partial charge on any atom is 0.224 e. The third-order valence-corrected chi connectivity index (χ3v) is 5.84. The quantitative estimate of drug-likeness (QED) is 0.508. The number of aromatic nitrogens is 1. The minimum atomic E-state index is 0.0450. The fourth-order valence-corrected chi connectivity index (χ4v) is 4.14. The summed E-state index contributed by atoms with van der Waals surface area (Å²) in [4.78, 5) is 12.6. The molecule has 4 heteroatoms. The van der Waals surface area contributed by atoms with E-state index in [0.717, 1.165) is 18.7 Å². The molecule has 2 heterocycles. The van der Waals surface area contributed by atoms with Crippen LogP contribution in [0.5, 0.6) is 0 Å². The number of para-hydroxylation sites is 1. The van der Waals surface area contributed by atoms with E-state index in [1.54, 1.807) is 6.26 Å². The monoisotopic (exact) mass is 384 g/mol. The van der Waals surface area contributed by atoms with E-state index in [2.05, 4.69) is 71.5 Å². The largest absolute Gasteiger partial charge is 0.467 e. The lowest BCUT2D eigenvalue weighted by Crippen LogP contribution is -2.24. The van der Waals surface area contributed by atoms with E-state index in [4.69, 9.17) is 4.42 Å². The normalized spacial score (nSPS) is 18.1. The Bertz CT molecular complexity index is 1140. The van der Waals surface area contributed by atoms with E-state index in [1.165, 1.54) is 27.6 Å². The van der Waals surface area contributed by atoms with Crippen LogP contribution in [0.3, 0.4) is 0 Å². The number of nitrogens with one attached hydrogen (secondary N) is 1. The molecule has 0 bridgehead atoms. The first-order chi connectivity index (χ1) is 14.2. The molecule has 2 atom stereocenters. The number of carbonyl (C=O) groups is 1. The number of amides is 1. The smallest absolute Gasteiger partial charge is 0.224 e. The van der Waals surface area contributed by atoms with Crippen LogP contribution in [0.1, 0.15) is 34.8 Å². The van der Waals surface area contributed by atoms with Crippen LogP contribution >= 0.6 is 0 Å². The third kappa shape index (κ3) is 3.58. The van der Waals surface area contributed by atoms with Crippen molar-refractivity contribution >= 4 is 16.8 Å². The molecular formula is C25H24N2O2. The average Bonchev–Trinajstić information content (AvgIpc) is 3.19. The molecule has 4 aromatic rings. The highest BCUT2D eigenvalue weighted by atomic mass is 16.3. The van der Waals surface area contributed by atoms with E-state index in [0.29, 0.717) is 6.54 Å². The van der Waals surface area contributed by atoms with Gasteiger partial charge < -0.3 is 14.3 Å². The van der Waals surface area contributed by atoms with Gasteiger partial charge in [0.2, 0.25) is 5.91 Å². The summed E-state index contributed by atoms with van der Waals surface area (Å²) >= 11 is 0. The second-order valence-electron chi connectivity index (χ2n) is 7.96. The van der Waals surface area contributed by atoms with Gasteiger partial charge in [0.05, 0.1) is 12.8 Å². The second-order valence-corrected chi connectivity index (χ2v) is 7.96. The zero-order valence-corrected chi connectivity index (χ0v) is 16.5. The second kappa shape index (κ2) is 7.28. The highest BCUT2D eigenvalue weighted by Gasteiger charge is 2.45. The lowest BCUT2D eigenvalue weighted by molar-refractivity contribution is -0.122. The van der Waals surface area contributed by atoms with Gasteiger partial charge in [0.15, 0.2) is 0 Å². The molecule has 1 aliphatic rings. The average molecular weight is 384 g/mol. The van der Waals surface area contributed by atoms with Crippen LogP contribution < -0.4 is 5.32 Å². The molecule has 1 saturated carbocycles. The zero-order chi connectivity index (χ0) is 19.8. The van der Waals surface area contributed by atoms with E-state index >= 15 is 0 Å².